The topological polar surface area (TPSA) is 33.1 Å². The summed E-state index contributed by atoms with van der Waals surface area (Å²) in [6, 6.07) is 12.3. The highest BCUT2D eigenvalue weighted by Gasteiger charge is 2.33. The molecule has 1 aromatic carbocycles. The van der Waals surface area contributed by atoms with E-state index in [1.807, 2.05) is 12.1 Å². The van der Waals surface area contributed by atoms with Gasteiger partial charge in [0.25, 0.3) is 0 Å². The van der Waals surface area contributed by atoms with Crippen LogP contribution in [-0.4, -0.2) is 10.1 Å². The van der Waals surface area contributed by atoms with Crippen molar-refractivity contribution in [2.75, 3.05) is 0 Å². The Kier molecular flexibility index (Phi) is 3.58. The molecule has 0 bridgehead atoms. The third-order valence-corrected chi connectivity index (χ3v) is 4.36. The van der Waals surface area contributed by atoms with Gasteiger partial charge in [0.2, 0.25) is 0 Å². The van der Waals surface area contributed by atoms with Gasteiger partial charge in [-0.3, -0.25) is 4.98 Å². The molecule has 0 amide bonds. The second-order valence-electron chi connectivity index (χ2n) is 7.18. The van der Waals surface area contributed by atoms with E-state index in [1.54, 1.807) is 6.20 Å². The molecule has 110 valence electrons. The van der Waals surface area contributed by atoms with Crippen molar-refractivity contribution in [3.8, 4) is 11.3 Å². The van der Waals surface area contributed by atoms with Gasteiger partial charge in [-0.15, -0.1) is 0 Å². The number of aromatic nitrogens is 1. The Bertz CT molecular complexity index is 642. The van der Waals surface area contributed by atoms with Crippen LogP contribution in [0.1, 0.15) is 56.8 Å². The average Bonchev–Trinajstić information content (AvgIpc) is 2.46. The minimum absolute atomic E-state index is 0.164. The van der Waals surface area contributed by atoms with Crippen molar-refractivity contribution in [1.82, 2.24) is 4.98 Å². The van der Waals surface area contributed by atoms with Gasteiger partial charge in [0.15, 0.2) is 0 Å². The van der Waals surface area contributed by atoms with Gasteiger partial charge in [-0.2, -0.15) is 0 Å². The number of aliphatic hydroxyl groups is 1. The number of aliphatic hydroxyl groups excluding tert-OH is 1. The molecule has 3 rings (SSSR count). The maximum Gasteiger partial charge on any atom is 0.0879 e. The first-order valence-electron chi connectivity index (χ1n) is 7.70. The van der Waals surface area contributed by atoms with E-state index in [1.165, 1.54) is 11.1 Å². The summed E-state index contributed by atoms with van der Waals surface area (Å²) in [6.07, 6.45) is 3.44. The largest absolute Gasteiger partial charge is 0.388 e. The molecule has 21 heavy (non-hydrogen) atoms. The lowest BCUT2D eigenvalue weighted by molar-refractivity contribution is 0.131. The first-order chi connectivity index (χ1) is 9.97. The van der Waals surface area contributed by atoms with Crippen LogP contribution >= 0.6 is 0 Å². The first kappa shape index (κ1) is 14.3. The van der Waals surface area contributed by atoms with Crippen LogP contribution in [0.3, 0.4) is 0 Å². The maximum atomic E-state index is 10.8. The zero-order chi connectivity index (χ0) is 15.0. The van der Waals surface area contributed by atoms with Gasteiger partial charge in [-0.05, 0) is 29.9 Å². The number of benzene rings is 1. The van der Waals surface area contributed by atoms with E-state index in [-0.39, 0.29) is 11.3 Å². The van der Waals surface area contributed by atoms with Crippen molar-refractivity contribution in [1.29, 1.82) is 0 Å². The molecular formula is C19H23NO. The normalized spacial score (nSPS) is 20.8. The summed E-state index contributed by atoms with van der Waals surface area (Å²) in [5.41, 5.74) is 4.60. The Balaban J connectivity index is 2.03. The standard InChI is InChI=1S/C19H23NO/c1-19(2,3)11-10-15-13-7-4-5-8-14(13)17-16(18(15)21)9-6-12-20-17/h4-9,12,15,18,21H,10-11H2,1-3H3. The lowest BCUT2D eigenvalue weighted by atomic mass is 9.74. The van der Waals surface area contributed by atoms with Gasteiger partial charge in [0.05, 0.1) is 11.8 Å². The van der Waals surface area contributed by atoms with E-state index >= 15 is 0 Å². The molecule has 1 aliphatic rings. The quantitative estimate of drug-likeness (QED) is 0.865. The van der Waals surface area contributed by atoms with Crippen LogP contribution in [0.2, 0.25) is 0 Å². The highest BCUT2D eigenvalue weighted by Crippen LogP contribution is 2.47. The second-order valence-corrected chi connectivity index (χ2v) is 7.18. The molecule has 0 saturated heterocycles. The first-order valence-corrected chi connectivity index (χ1v) is 7.70. The highest BCUT2D eigenvalue weighted by molar-refractivity contribution is 5.71. The Morgan fingerprint density at radius 1 is 1.05 bits per heavy atom. The fourth-order valence-corrected chi connectivity index (χ4v) is 3.21. The van der Waals surface area contributed by atoms with Crippen LogP contribution in [-0.2, 0) is 0 Å². The summed E-state index contributed by atoms with van der Waals surface area (Å²) < 4.78 is 0. The van der Waals surface area contributed by atoms with E-state index < -0.39 is 6.10 Å². The lowest BCUT2D eigenvalue weighted by Gasteiger charge is -2.33. The van der Waals surface area contributed by atoms with Crippen LogP contribution in [0.5, 0.6) is 0 Å². The molecule has 0 radical (unpaired) electrons. The average molecular weight is 281 g/mol. The van der Waals surface area contributed by atoms with Gasteiger partial charge in [0.1, 0.15) is 0 Å². The Morgan fingerprint density at radius 2 is 1.76 bits per heavy atom. The predicted octanol–water partition coefficient (Wildman–Crippen LogP) is 4.71. The highest BCUT2D eigenvalue weighted by atomic mass is 16.3. The van der Waals surface area contributed by atoms with Crippen LogP contribution in [0.25, 0.3) is 11.3 Å². The van der Waals surface area contributed by atoms with Crippen molar-refractivity contribution in [3.63, 3.8) is 0 Å². The number of fused-ring (bicyclic) bond motifs is 3. The van der Waals surface area contributed by atoms with Gasteiger partial charge >= 0.3 is 0 Å². The molecule has 1 aromatic heterocycles. The summed E-state index contributed by atoms with van der Waals surface area (Å²) in [5.74, 6) is 0.164. The molecule has 2 unspecified atom stereocenters. The molecule has 2 atom stereocenters. The van der Waals surface area contributed by atoms with E-state index in [0.29, 0.717) is 0 Å². The summed E-state index contributed by atoms with van der Waals surface area (Å²) in [6.45, 7) is 6.76. The minimum Gasteiger partial charge on any atom is -0.388 e. The van der Waals surface area contributed by atoms with Crippen LogP contribution in [0, 0.1) is 5.41 Å². The van der Waals surface area contributed by atoms with Crippen molar-refractivity contribution in [2.24, 2.45) is 5.41 Å². The summed E-state index contributed by atoms with van der Waals surface area (Å²) in [7, 11) is 0. The van der Waals surface area contributed by atoms with Gasteiger partial charge < -0.3 is 5.11 Å². The molecule has 2 aromatic rings. The van der Waals surface area contributed by atoms with Crippen LogP contribution in [0.15, 0.2) is 42.6 Å². The van der Waals surface area contributed by atoms with Crippen molar-refractivity contribution in [3.05, 3.63) is 53.7 Å². The predicted molar refractivity (Wildman–Crippen MR) is 86.1 cm³/mol. The molecule has 1 N–H and O–H groups in total. The van der Waals surface area contributed by atoms with Crippen LogP contribution < -0.4 is 0 Å². The molecule has 2 heteroatoms. The summed E-state index contributed by atoms with van der Waals surface area (Å²) in [5, 5.41) is 10.8. The Labute approximate surface area is 126 Å². The smallest absolute Gasteiger partial charge is 0.0879 e. The van der Waals surface area contributed by atoms with Crippen molar-refractivity contribution >= 4 is 0 Å². The molecule has 1 heterocycles. The van der Waals surface area contributed by atoms with Crippen molar-refractivity contribution < 1.29 is 5.11 Å². The lowest BCUT2D eigenvalue weighted by Crippen LogP contribution is -2.20. The van der Waals surface area contributed by atoms with Crippen molar-refractivity contribution in [2.45, 2.75) is 45.6 Å². The Hall–Kier alpha value is -1.67. The summed E-state index contributed by atoms with van der Waals surface area (Å²) >= 11 is 0. The molecule has 0 spiro atoms. The molecule has 0 fully saturated rings. The number of pyridine rings is 1. The van der Waals surface area contributed by atoms with Gasteiger partial charge in [-0.25, -0.2) is 0 Å². The third kappa shape index (κ3) is 2.73. The number of rotatable bonds is 2. The van der Waals surface area contributed by atoms with Gasteiger partial charge in [-0.1, -0.05) is 51.1 Å². The fourth-order valence-electron chi connectivity index (χ4n) is 3.21. The number of hydrogen-bond donors (Lipinski definition) is 1. The minimum atomic E-state index is -0.453. The number of nitrogens with zero attached hydrogens (tertiary/aromatic N) is 1. The number of hydrogen-bond acceptors (Lipinski definition) is 2. The summed E-state index contributed by atoms with van der Waals surface area (Å²) in [4.78, 5) is 4.49. The molecular weight excluding hydrogens is 258 g/mol. The molecule has 1 aliphatic carbocycles. The molecule has 0 saturated carbocycles. The van der Waals surface area contributed by atoms with E-state index in [2.05, 4.69) is 50.0 Å². The van der Waals surface area contributed by atoms with Gasteiger partial charge in [0, 0.05) is 23.2 Å². The second kappa shape index (κ2) is 5.27. The van der Waals surface area contributed by atoms with E-state index in [4.69, 9.17) is 0 Å². The van der Waals surface area contributed by atoms with Crippen LogP contribution in [0.4, 0.5) is 0 Å². The molecule has 2 nitrogen and oxygen atoms in total. The zero-order valence-electron chi connectivity index (χ0n) is 13.0. The maximum absolute atomic E-state index is 10.8. The monoisotopic (exact) mass is 281 g/mol. The van der Waals surface area contributed by atoms with E-state index in [0.717, 1.165) is 24.1 Å². The fraction of sp³-hybridized carbons (Fsp3) is 0.421. The van der Waals surface area contributed by atoms with E-state index in [9.17, 15) is 5.11 Å². The molecule has 0 aliphatic heterocycles. The SMILES string of the molecule is CC(C)(C)CCC1c2ccccc2-c2ncccc2C1O. The Morgan fingerprint density at radius 3 is 2.52 bits per heavy atom. The zero-order valence-corrected chi connectivity index (χ0v) is 13.0. The third-order valence-electron chi connectivity index (χ3n) is 4.36.